The molecule has 0 saturated carbocycles. The maximum atomic E-state index is 12.5. The van der Waals surface area contributed by atoms with Gasteiger partial charge in [-0.25, -0.2) is 0 Å². The number of carbonyl (C=O) groups excluding carboxylic acids is 2. The van der Waals surface area contributed by atoms with Gasteiger partial charge in [0.05, 0.1) is 0 Å². The molecule has 2 aromatic carbocycles. The summed E-state index contributed by atoms with van der Waals surface area (Å²) >= 11 is 0. The van der Waals surface area contributed by atoms with E-state index in [4.69, 9.17) is 0 Å². The van der Waals surface area contributed by atoms with Crippen molar-refractivity contribution in [3.05, 3.63) is 65.2 Å². The van der Waals surface area contributed by atoms with Crippen LogP contribution in [0, 0.1) is 0 Å². The molecule has 2 aromatic rings. The van der Waals surface area contributed by atoms with Gasteiger partial charge >= 0.3 is 11.8 Å². The maximum absolute atomic E-state index is 12.5. The van der Waals surface area contributed by atoms with Crippen molar-refractivity contribution in [2.75, 3.05) is 11.9 Å². The summed E-state index contributed by atoms with van der Waals surface area (Å²) in [5.74, 6) is -0.760. The summed E-state index contributed by atoms with van der Waals surface area (Å²) in [7, 11) is 0. The highest BCUT2D eigenvalue weighted by Crippen LogP contribution is 2.24. The van der Waals surface area contributed by atoms with E-state index in [1.54, 1.807) is 4.90 Å². The number of hydrogen-bond donors (Lipinski definition) is 1. The fraction of sp³-hybridized carbons (Fsp3) is 0.300. The second-order valence-electron chi connectivity index (χ2n) is 6.44. The lowest BCUT2D eigenvalue weighted by Gasteiger charge is -2.28. The Balaban J connectivity index is 1.71. The third kappa shape index (κ3) is 3.32. The average Bonchev–Trinajstić information content (AvgIpc) is 2.61. The number of hydrogen-bond acceptors (Lipinski definition) is 2. The van der Waals surface area contributed by atoms with Crippen molar-refractivity contribution in [2.24, 2.45) is 0 Å². The molecule has 0 radical (unpaired) electrons. The molecule has 4 nitrogen and oxygen atoms in total. The third-order valence-electron chi connectivity index (χ3n) is 4.44. The van der Waals surface area contributed by atoms with Crippen LogP contribution in [-0.4, -0.2) is 23.3 Å². The highest BCUT2D eigenvalue weighted by molar-refractivity contribution is 6.39. The van der Waals surface area contributed by atoms with E-state index in [1.165, 1.54) is 5.56 Å². The summed E-state index contributed by atoms with van der Waals surface area (Å²) in [5, 5.41) is 2.78. The minimum Gasteiger partial charge on any atom is -0.330 e. The van der Waals surface area contributed by atoms with Gasteiger partial charge in [-0.2, -0.15) is 0 Å². The van der Waals surface area contributed by atoms with Gasteiger partial charge in [0.15, 0.2) is 0 Å². The molecule has 4 heteroatoms. The van der Waals surface area contributed by atoms with Crippen molar-refractivity contribution in [1.82, 2.24) is 4.90 Å². The van der Waals surface area contributed by atoms with Gasteiger partial charge < -0.3 is 10.2 Å². The summed E-state index contributed by atoms with van der Waals surface area (Å²) in [6, 6.07) is 15.7. The van der Waals surface area contributed by atoms with Crippen LogP contribution in [0.15, 0.2) is 48.5 Å². The standard InChI is InChI=1S/C20H22N2O2/c1-14(2)17-9-5-6-10-18(17)21-19(23)20(24)22-12-11-15-7-3-4-8-16(15)13-22/h3-10,14H,11-13H2,1-2H3,(H,21,23). The number of amides is 2. The molecule has 1 aliphatic rings. The number of rotatable bonds is 2. The molecule has 0 saturated heterocycles. The minimum absolute atomic E-state index is 0.276. The zero-order valence-corrected chi connectivity index (χ0v) is 14.1. The van der Waals surface area contributed by atoms with E-state index in [2.05, 4.69) is 25.2 Å². The van der Waals surface area contributed by atoms with Gasteiger partial charge in [0.1, 0.15) is 0 Å². The van der Waals surface area contributed by atoms with Crippen LogP contribution in [0.1, 0.15) is 36.5 Å². The monoisotopic (exact) mass is 322 g/mol. The van der Waals surface area contributed by atoms with Crippen LogP contribution >= 0.6 is 0 Å². The van der Waals surface area contributed by atoms with E-state index < -0.39 is 11.8 Å². The van der Waals surface area contributed by atoms with E-state index in [1.807, 2.05) is 42.5 Å². The van der Waals surface area contributed by atoms with E-state index in [9.17, 15) is 9.59 Å². The van der Waals surface area contributed by atoms with E-state index in [-0.39, 0.29) is 5.92 Å². The van der Waals surface area contributed by atoms with Gasteiger partial charge in [0.25, 0.3) is 0 Å². The van der Waals surface area contributed by atoms with Crippen LogP contribution in [0.25, 0.3) is 0 Å². The quantitative estimate of drug-likeness (QED) is 0.862. The average molecular weight is 322 g/mol. The fourth-order valence-electron chi connectivity index (χ4n) is 3.10. The number of nitrogens with zero attached hydrogens (tertiary/aromatic N) is 1. The molecule has 124 valence electrons. The molecule has 0 spiro atoms. The summed E-state index contributed by atoms with van der Waals surface area (Å²) in [6.07, 6.45) is 0.789. The van der Waals surface area contributed by atoms with Crippen molar-refractivity contribution in [2.45, 2.75) is 32.7 Å². The molecule has 0 atom stereocenters. The van der Waals surface area contributed by atoms with Crippen molar-refractivity contribution in [1.29, 1.82) is 0 Å². The first kappa shape index (κ1) is 16.2. The minimum atomic E-state index is -0.567. The second-order valence-corrected chi connectivity index (χ2v) is 6.44. The van der Waals surface area contributed by atoms with Crippen LogP contribution in [0.2, 0.25) is 0 Å². The van der Waals surface area contributed by atoms with Gasteiger partial charge in [-0.3, -0.25) is 9.59 Å². The molecule has 1 aliphatic heterocycles. The topological polar surface area (TPSA) is 49.4 Å². The van der Waals surface area contributed by atoms with Gasteiger partial charge in [0.2, 0.25) is 0 Å². The molecule has 0 bridgehead atoms. The number of anilines is 1. The lowest BCUT2D eigenvalue weighted by atomic mass is 10.00. The van der Waals surface area contributed by atoms with Gasteiger partial charge in [0, 0.05) is 18.8 Å². The van der Waals surface area contributed by atoms with Gasteiger partial charge in [-0.15, -0.1) is 0 Å². The van der Waals surface area contributed by atoms with Crippen LogP contribution < -0.4 is 5.32 Å². The number of nitrogens with one attached hydrogen (secondary N) is 1. The van der Waals surface area contributed by atoms with Crippen molar-refractivity contribution < 1.29 is 9.59 Å². The highest BCUT2D eigenvalue weighted by atomic mass is 16.2. The molecule has 0 aromatic heterocycles. The first-order valence-corrected chi connectivity index (χ1v) is 8.32. The summed E-state index contributed by atoms with van der Waals surface area (Å²) < 4.78 is 0. The van der Waals surface area contributed by atoms with Gasteiger partial charge in [-0.05, 0) is 35.1 Å². The zero-order chi connectivity index (χ0) is 17.1. The van der Waals surface area contributed by atoms with Crippen molar-refractivity contribution >= 4 is 17.5 Å². The molecular weight excluding hydrogens is 300 g/mol. The molecule has 0 fully saturated rings. The lowest BCUT2D eigenvalue weighted by Crippen LogP contribution is -2.42. The Morgan fingerprint density at radius 1 is 1.00 bits per heavy atom. The molecule has 2 amide bonds. The Morgan fingerprint density at radius 3 is 2.42 bits per heavy atom. The summed E-state index contributed by atoms with van der Waals surface area (Å²) in [4.78, 5) is 26.5. The van der Waals surface area contributed by atoms with Crippen molar-refractivity contribution in [3.63, 3.8) is 0 Å². The fourth-order valence-corrected chi connectivity index (χ4v) is 3.10. The van der Waals surface area contributed by atoms with Crippen LogP contribution in [0.4, 0.5) is 5.69 Å². The summed E-state index contributed by atoms with van der Waals surface area (Å²) in [6.45, 7) is 5.20. The molecule has 0 aliphatic carbocycles. The zero-order valence-electron chi connectivity index (χ0n) is 14.1. The van der Waals surface area contributed by atoms with E-state index in [0.29, 0.717) is 18.8 Å². The predicted octanol–water partition coefficient (Wildman–Crippen LogP) is 3.33. The molecule has 3 rings (SSSR count). The normalized spacial score (nSPS) is 13.5. The predicted molar refractivity (Wildman–Crippen MR) is 94.7 cm³/mol. The maximum Gasteiger partial charge on any atom is 0.313 e. The number of carbonyl (C=O) groups is 2. The summed E-state index contributed by atoms with van der Waals surface area (Å²) in [5.41, 5.74) is 4.12. The van der Waals surface area contributed by atoms with E-state index in [0.717, 1.165) is 17.5 Å². The third-order valence-corrected chi connectivity index (χ3v) is 4.44. The molecule has 0 unspecified atom stereocenters. The van der Waals surface area contributed by atoms with E-state index >= 15 is 0 Å². The second kappa shape index (κ2) is 6.87. The Hall–Kier alpha value is -2.62. The number of para-hydroxylation sites is 1. The first-order chi connectivity index (χ1) is 11.6. The Kier molecular flexibility index (Phi) is 4.65. The smallest absolute Gasteiger partial charge is 0.313 e. The number of fused-ring (bicyclic) bond motifs is 1. The largest absolute Gasteiger partial charge is 0.330 e. The molecule has 1 N–H and O–H groups in total. The first-order valence-electron chi connectivity index (χ1n) is 8.32. The Morgan fingerprint density at radius 2 is 1.67 bits per heavy atom. The van der Waals surface area contributed by atoms with Crippen molar-refractivity contribution in [3.8, 4) is 0 Å². The van der Waals surface area contributed by atoms with Crippen LogP contribution in [0.5, 0.6) is 0 Å². The Labute approximate surface area is 142 Å². The molecule has 1 heterocycles. The highest BCUT2D eigenvalue weighted by Gasteiger charge is 2.26. The number of benzene rings is 2. The van der Waals surface area contributed by atoms with Gasteiger partial charge in [-0.1, -0.05) is 56.3 Å². The van der Waals surface area contributed by atoms with Crippen LogP contribution in [-0.2, 0) is 22.6 Å². The lowest BCUT2D eigenvalue weighted by molar-refractivity contribution is -0.143. The Bertz CT molecular complexity index is 768. The molecular formula is C20H22N2O2. The SMILES string of the molecule is CC(C)c1ccccc1NC(=O)C(=O)N1CCc2ccccc2C1. The van der Waals surface area contributed by atoms with Crippen LogP contribution in [0.3, 0.4) is 0 Å². The molecule has 24 heavy (non-hydrogen) atoms.